The van der Waals surface area contributed by atoms with E-state index in [1.54, 1.807) is 0 Å². The molecule has 0 spiro atoms. The summed E-state index contributed by atoms with van der Waals surface area (Å²) in [6, 6.07) is 0. The maximum Gasteiger partial charge on any atom is 0.0535 e. The summed E-state index contributed by atoms with van der Waals surface area (Å²) in [5.74, 6) is 0.859. The molecule has 0 aliphatic carbocycles. The van der Waals surface area contributed by atoms with Gasteiger partial charge in [-0.2, -0.15) is 5.10 Å². The zero-order valence-corrected chi connectivity index (χ0v) is 11.6. The van der Waals surface area contributed by atoms with Crippen molar-refractivity contribution in [3.05, 3.63) is 17.5 Å². The molecule has 0 amide bonds. The lowest BCUT2D eigenvalue weighted by molar-refractivity contribution is 0.512. The SMILES string of the molecule is Cc1[nH]ncc1CNCCCCCCC(C)C. The number of nitrogens with one attached hydrogen (secondary N) is 2. The third kappa shape index (κ3) is 6.47. The second kappa shape index (κ2) is 8.29. The minimum Gasteiger partial charge on any atom is -0.313 e. The van der Waals surface area contributed by atoms with E-state index in [2.05, 4.69) is 36.3 Å². The number of hydrogen-bond donors (Lipinski definition) is 2. The van der Waals surface area contributed by atoms with Gasteiger partial charge >= 0.3 is 0 Å². The molecule has 0 saturated heterocycles. The normalized spacial score (nSPS) is 11.3. The second-order valence-corrected chi connectivity index (χ2v) is 5.29. The number of aromatic amines is 1. The molecule has 1 aromatic rings. The number of H-pyrrole nitrogens is 1. The highest BCUT2D eigenvalue weighted by molar-refractivity contribution is 5.13. The Morgan fingerprint density at radius 2 is 2.00 bits per heavy atom. The van der Waals surface area contributed by atoms with Crippen molar-refractivity contribution in [3.63, 3.8) is 0 Å². The Labute approximate surface area is 105 Å². The van der Waals surface area contributed by atoms with Crippen LogP contribution in [0.5, 0.6) is 0 Å². The van der Waals surface area contributed by atoms with Crippen molar-refractivity contribution in [1.82, 2.24) is 15.5 Å². The van der Waals surface area contributed by atoms with Gasteiger partial charge in [0, 0.05) is 17.8 Å². The molecule has 0 bridgehead atoms. The molecule has 17 heavy (non-hydrogen) atoms. The lowest BCUT2D eigenvalue weighted by atomic mass is 10.0. The maximum atomic E-state index is 4.01. The van der Waals surface area contributed by atoms with Gasteiger partial charge in [0.05, 0.1) is 6.20 Å². The van der Waals surface area contributed by atoms with Crippen molar-refractivity contribution in [2.45, 2.75) is 59.4 Å². The molecule has 0 fully saturated rings. The summed E-state index contributed by atoms with van der Waals surface area (Å²) in [5.41, 5.74) is 2.46. The molecule has 1 aromatic heterocycles. The first kappa shape index (κ1) is 14.2. The van der Waals surface area contributed by atoms with Crippen molar-refractivity contribution < 1.29 is 0 Å². The van der Waals surface area contributed by atoms with Crippen LogP contribution in [0.15, 0.2) is 6.20 Å². The summed E-state index contributed by atoms with van der Waals surface area (Å²) in [6.07, 6.45) is 8.69. The summed E-state index contributed by atoms with van der Waals surface area (Å²) in [5, 5.41) is 10.4. The molecule has 1 rings (SSSR count). The highest BCUT2D eigenvalue weighted by atomic mass is 15.1. The number of hydrogen-bond acceptors (Lipinski definition) is 2. The lowest BCUT2D eigenvalue weighted by Gasteiger charge is -2.05. The average molecular weight is 237 g/mol. The van der Waals surface area contributed by atoms with Crippen LogP contribution >= 0.6 is 0 Å². The Morgan fingerprint density at radius 1 is 1.24 bits per heavy atom. The molecule has 98 valence electrons. The third-order valence-corrected chi connectivity index (χ3v) is 3.13. The lowest BCUT2D eigenvalue weighted by Crippen LogP contribution is -2.14. The molecular formula is C14H27N3. The number of aryl methyl sites for hydroxylation is 1. The number of rotatable bonds is 9. The van der Waals surface area contributed by atoms with Crippen LogP contribution in [0.2, 0.25) is 0 Å². The van der Waals surface area contributed by atoms with Crippen LogP contribution in [0.25, 0.3) is 0 Å². The Balaban J connectivity index is 1.90. The fourth-order valence-electron chi connectivity index (χ4n) is 1.93. The minimum absolute atomic E-state index is 0.859. The summed E-state index contributed by atoms with van der Waals surface area (Å²) in [7, 11) is 0. The van der Waals surface area contributed by atoms with E-state index in [0.717, 1.165) is 19.0 Å². The Kier molecular flexibility index (Phi) is 6.94. The highest BCUT2D eigenvalue weighted by Crippen LogP contribution is 2.09. The summed E-state index contributed by atoms with van der Waals surface area (Å²) < 4.78 is 0. The van der Waals surface area contributed by atoms with Crippen molar-refractivity contribution in [3.8, 4) is 0 Å². The van der Waals surface area contributed by atoms with E-state index in [-0.39, 0.29) is 0 Å². The van der Waals surface area contributed by atoms with E-state index in [4.69, 9.17) is 0 Å². The van der Waals surface area contributed by atoms with Gasteiger partial charge in [-0.15, -0.1) is 0 Å². The van der Waals surface area contributed by atoms with Gasteiger partial charge in [-0.3, -0.25) is 5.10 Å². The van der Waals surface area contributed by atoms with Gasteiger partial charge in [0.15, 0.2) is 0 Å². The van der Waals surface area contributed by atoms with Crippen LogP contribution in [0.1, 0.15) is 57.2 Å². The third-order valence-electron chi connectivity index (χ3n) is 3.13. The number of aromatic nitrogens is 2. The molecular weight excluding hydrogens is 210 g/mol. The minimum atomic E-state index is 0.859. The molecule has 3 heteroatoms. The van der Waals surface area contributed by atoms with Gasteiger partial charge in [-0.25, -0.2) is 0 Å². The van der Waals surface area contributed by atoms with Crippen LogP contribution < -0.4 is 5.32 Å². The van der Waals surface area contributed by atoms with Gasteiger partial charge in [0.25, 0.3) is 0 Å². The van der Waals surface area contributed by atoms with Crippen LogP contribution in [-0.4, -0.2) is 16.7 Å². The van der Waals surface area contributed by atoms with Crippen LogP contribution in [0.4, 0.5) is 0 Å². The molecule has 0 aliphatic heterocycles. The Morgan fingerprint density at radius 3 is 2.65 bits per heavy atom. The molecule has 0 saturated carbocycles. The number of unbranched alkanes of at least 4 members (excludes halogenated alkanes) is 3. The van der Waals surface area contributed by atoms with Crippen molar-refractivity contribution in [2.24, 2.45) is 5.92 Å². The zero-order valence-electron chi connectivity index (χ0n) is 11.6. The van der Waals surface area contributed by atoms with Gasteiger partial charge in [0.2, 0.25) is 0 Å². The first-order valence-corrected chi connectivity index (χ1v) is 6.89. The van der Waals surface area contributed by atoms with Crippen LogP contribution in [0, 0.1) is 12.8 Å². The van der Waals surface area contributed by atoms with Gasteiger partial charge in [-0.05, 0) is 25.8 Å². The van der Waals surface area contributed by atoms with Gasteiger partial charge < -0.3 is 5.32 Å². The summed E-state index contributed by atoms with van der Waals surface area (Å²) in [6.45, 7) is 8.72. The van der Waals surface area contributed by atoms with E-state index < -0.39 is 0 Å². The fraction of sp³-hybridized carbons (Fsp3) is 0.786. The van der Waals surface area contributed by atoms with Crippen molar-refractivity contribution in [2.75, 3.05) is 6.54 Å². The van der Waals surface area contributed by atoms with Crippen LogP contribution in [0.3, 0.4) is 0 Å². The topological polar surface area (TPSA) is 40.7 Å². The highest BCUT2D eigenvalue weighted by Gasteiger charge is 1.99. The molecule has 1 heterocycles. The zero-order chi connectivity index (χ0) is 12.5. The van der Waals surface area contributed by atoms with Gasteiger partial charge in [0.1, 0.15) is 0 Å². The monoisotopic (exact) mass is 237 g/mol. The quantitative estimate of drug-likeness (QED) is 0.646. The smallest absolute Gasteiger partial charge is 0.0535 e. The van der Waals surface area contributed by atoms with E-state index in [1.807, 2.05) is 6.20 Å². The summed E-state index contributed by atoms with van der Waals surface area (Å²) in [4.78, 5) is 0. The summed E-state index contributed by atoms with van der Waals surface area (Å²) >= 11 is 0. The van der Waals surface area contributed by atoms with Crippen molar-refractivity contribution >= 4 is 0 Å². The first-order valence-electron chi connectivity index (χ1n) is 6.89. The van der Waals surface area contributed by atoms with Gasteiger partial charge in [-0.1, -0.05) is 39.5 Å². The molecule has 0 aromatic carbocycles. The standard InChI is InChI=1S/C14H27N3/c1-12(2)8-6-4-5-7-9-15-10-14-11-16-17-13(14)3/h11-12,15H,4-10H2,1-3H3,(H,16,17). The van der Waals surface area contributed by atoms with E-state index in [9.17, 15) is 0 Å². The fourth-order valence-corrected chi connectivity index (χ4v) is 1.93. The number of nitrogens with zero attached hydrogens (tertiary/aromatic N) is 1. The van der Waals surface area contributed by atoms with Crippen molar-refractivity contribution in [1.29, 1.82) is 0 Å². The largest absolute Gasteiger partial charge is 0.313 e. The molecule has 0 atom stereocenters. The first-order chi connectivity index (χ1) is 8.20. The predicted molar refractivity (Wildman–Crippen MR) is 73.0 cm³/mol. The maximum absolute atomic E-state index is 4.01. The molecule has 2 N–H and O–H groups in total. The molecule has 3 nitrogen and oxygen atoms in total. The van der Waals surface area contributed by atoms with Crippen LogP contribution in [-0.2, 0) is 6.54 Å². The van der Waals surface area contributed by atoms with E-state index >= 15 is 0 Å². The van der Waals surface area contributed by atoms with E-state index in [0.29, 0.717) is 0 Å². The predicted octanol–water partition coefficient (Wildman–Crippen LogP) is 3.41. The second-order valence-electron chi connectivity index (χ2n) is 5.29. The van der Waals surface area contributed by atoms with E-state index in [1.165, 1.54) is 43.4 Å². The molecule has 0 aliphatic rings. The molecule has 0 radical (unpaired) electrons. The average Bonchev–Trinajstić information content (AvgIpc) is 2.68. The Hall–Kier alpha value is -0.830. The Bertz CT molecular complexity index is 291. The molecule has 0 unspecified atom stereocenters.